The summed E-state index contributed by atoms with van der Waals surface area (Å²) in [5.74, 6) is 0.608. The minimum absolute atomic E-state index is 0.387. The molecule has 0 spiro atoms. The molecule has 0 bridgehead atoms. The van der Waals surface area contributed by atoms with Crippen molar-refractivity contribution in [2.75, 3.05) is 19.6 Å². The zero-order valence-corrected chi connectivity index (χ0v) is 12.0. The predicted octanol–water partition coefficient (Wildman–Crippen LogP) is 4.02. The molecule has 3 heteroatoms. The average molecular weight is 279 g/mol. The highest BCUT2D eigenvalue weighted by Gasteiger charge is 2.25. The monoisotopic (exact) mass is 279 g/mol. The van der Waals surface area contributed by atoms with Crippen LogP contribution < -0.4 is 0 Å². The summed E-state index contributed by atoms with van der Waals surface area (Å²) in [6, 6.07) is 3.97. The third kappa shape index (κ3) is 3.38. The summed E-state index contributed by atoms with van der Waals surface area (Å²) in [4.78, 5) is 2.57. The van der Waals surface area contributed by atoms with Crippen LogP contribution in [-0.2, 0) is 6.42 Å². The lowest BCUT2D eigenvalue weighted by Crippen LogP contribution is -2.39. The molecular formula is C17H23F2N. The maximum absolute atomic E-state index is 13.7. The quantitative estimate of drug-likeness (QED) is 0.804. The molecule has 1 aromatic carbocycles. The van der Waals surface area contributed by atoms with Gasteiger partial charge in [0.15, 0.2) is 0 Å². The van der Waals surface area contributed by atoms with Crippen LogP contribution in [0, 0.1) is 23.5 Å². The van der Waals surface area contributed by atoms with E-state index in [9.17, 15) is 8.78 Å². The highest BCUT2D eigenvalue weighted by molar-refractivity contribution is 5.19. The van der Waals surface area contributed by atoms with Crippen molar-refractivity contribution in [3.63, 3.8) is 0 Å². The van der Waals surface area contributed by atoms with Gasteiger partial charge in [-0.3, -0.25) is 0 Å². The molecule has 0 N–H and O–H groups in total. The Morgan fingerprint density at radius 3 is 2.35 bits per heavy atom. The minimum atomic E-state index is -0.485. The molecule has 0 radical (unpaired) electrons. The molecule has 0 aromatic heterocycles. The first kappa shape index (κ1) is 14.0. The van der Waals surface area contributed by atoms with Gasteiger partial charge >= 0.3 is 0 Å². The van der Waals surface area contributed by atoms with E-state index < -0.39 is 5.82 Å². The Labute approximate surface area is 120 Å². The van der Waals surface area contributed by atoms with Crippen LogP contribution in [0.15, 0.2) is 18.2 Å². The van der Waals surface area contributed by atoms with Crippen molar-refractivity contribution in [2.24, 2.45) is 11.8 Å². The maximum Gasteiger partial charge on any atom is 0.129 e. The molecule has 1 saturated carbocycles. The zero-order valence-electron chi connectivity index (χ0n) is 12.0. The van der Waals surface area contributed by atoms with Gasteiger partial charge < -0.3 is 4.90 Å². The Morgan fingerprint density at radius 2 is 1.75 bits per heavy atom. The third-order valence-corrected chi connectivity index (χ3v) is 4.97. The summed E-state index contributed by atoms with van der Waals surface area (Å²) < 4.78 is 26.5. The second-order valence-corrected chi connectivity index (χ2v) is 6.48. The molecular weight excluding hydrogens is 256 g/mol. The molecule has 20 heavy (non-hydrogen) atoms. The van der Waals surface area contributed by atoms with E-state index in [0.29, 0.717) is 11.5 Å². The van der Waals surface area contributed by atoms with Gasteiger partial charge in [-0.2, -0.15) is 0 Å². The summed E-state index contributed by atoms with van der Waals surface area (Å²) in [6.07, 6.45) is 7.25. The number of benzene rings is 1. The normalized spacial score (nSPS) is 21.9. The van der Waals surface area contributed by atoms with Crippen LogP contribution in [0.25, 0.3) is 0 Å². The molecule has 1 nitrogen and oxygen atoms in total. The Morgan fingerprint density at radius 1 is 1.00 bits per heavy atom. The van der Waals surface area contributed by atoms with E-state index in [1.807, 2.05) is 0 Å². The van der Waals surface area contributed by atoms with Crippen molar-refractivity contribution >= 4 is 0 Å². The molecule has 0 amide bonds. The van der Waals surface area contributed by atoms with Crippen LogP contribution in [0.4, 0.5) is 8.78 Å². The van der Waals surface area contributed by atoms with E-state index in [2.05, 4.69) is 4.90 Å². The van der Waals surface area contributed by atoms with E-state index in [1.165, 1.54) is 31.9 Å². The molecule has 1 aromatic rings. The van der Waals surface area contributed by atoms with Gasteiger partial charge in [-0.1, -0.05) is 12.5 Å². The van der Waals surface area contributed by atoms with Crippen LogP contribution >= 0.6 is 0 Å². The van der Waals surface area contributed by atoms with Crippen molar-refractivity contribution in [2.45, 2.75) is 38.5 Å². The van der Waals surface area contributed by atoms with E-state index in [4.69, 9.17) is 0 Å². The van der Waals surface area contributed by atoms with Gasteiger partial charge in [-0.25, -0.2) is 8.78 Å². The maximum atomic E-state index is 13.7. The smallest absolute Gasteiger partial charge is 0.129 e. The predicted molar refractivity (Wildman–Crippen MR) is 76.6 cm³/mol. The highest BCUT2D eigenvalue weighted by Crippen LogP contribution is 2.29. The van der Waals surface area contributed by atoms with Crippen molar-refractivity contribution < 1.29 is 8.78 Å². The summed E-state index contributed by atoms with van der Waals surface area (Å²) in [5, 5.41) is 0. The molecule has 1 aliphatic heterocycles. The molecule has 1 aliphatic carbocycles. The van der Waals surface area contributed by atoms with Gasteiger partial charge in [-0.05, 0) is 68.7 Å². The first-order valence-electron chi connectivity index (χ1n) is 7.87. The number of halogens is 2. The van der Waals surface area contributed by atoms with Gasteiger partial charge in [0, 0.05) is 12.6 Å². The SMILES string of the molecule is Fc1ccc(CC2CCN(CC3CCC3)CC2)c(F)c1. The molecule has 1 heterocycles. The van der Waals surface area contributed by atoms with Gasteiger partial charge in [0.2, 0.25) is 0 Å². The van der Waals surface area contributed by atoms with Crippen LogP contribution in [0.3, 0.4) is 0 Å². The van der Waals surface area contributed by atoms with Gasteiger partial charge in [0.1, 0.15) is 11.6 Å². The van der Waals surface area contributed by atoms with Crippen molar-refractivity contribution in [3.8, 4) is 0 Å². The molecule has 0 unspecified atom stereocenters. The molecule has 2 fully saturated rings. The molecule has 2 aliphatic rings. The van der Waals surface area contributed by atoms with Crippen LogP contribution in [0.5, 0.6) is 0 Å². The molecule has 0 atom stereocenters. The van der Waals surface area contributed by atoms with Gasteiger partial charge in [0.05, 0.1) is 0 Å². The Bertz CT molecular complexity index is 448. The van der Waals surface area contributed by atoms with E-state index in [0.717, 1.165) is 44.3 Å². The minimum Gasteiger partial charge on any atom is -0.303 e. The number of hydrogen-bond acceptors (Lipinski definition) is 1. The second kappa shape index (κ2) is 6.21. The fraction of sp³-hybridized carbons (Fsp3) is 0.647. The lowest BCUT2D eigenvalue weighted by atomic mass is 9.84. The van der Waals surface area contributed by atoms with Crippen LogP contribution in [0.2, 0.25) is 0 Å². The lowest BCUT2D eigenvalue weighted by molar-refractivity contribution is 0.131. The summed E-state index contributed by atoms with van der Waals surface area (Å²) in [7, 11) is 0. The van der Waals surface area contributed by atoms with E-state index in [-0.39, 0.29) is 5.82 Å². The van der Waals surface area contributed by atoms with Crippen molar-refractivity contribution in [1.29, 1.82) is 0 Å². The molecule has 110 valence electrons. The molecule has 1 saturated heterocycles. The van der Waals surface area contributed by atoms with Crippen molar-refractivity contribution in [3.05, 3.63) is 35.4 Å². The van der Waals surface area contributed by atoms with Crippen LogP contribution in [0.1, 0.15) is 37.7 Å². The Balaban J connectivity index is 1.48. The summed E-state index contributed by atoms with van der Waals surface area (Å²) in [6.45, 7) is 3.55. The Hall–Kier alpha value is -0.960. The number of piperidine rings is 1. The average Bonchev–Trinajstić information content (AvgIpc) is 2.39. The fourth-order valence-corrected chi connectivity index (χ4v) is 3.41. The largest absolute Gasteiger partial charge is 0.303 e. The summed E-state index contributed by atoms with van der Waals surface area (Å²) in [5.41, 5.74) is 0.670. The second-order valence-electron chi connectivity index (χ2n) is 6.48. The molecule has 3 rings (SSSR count). The topological polar surface area (TPSA) is 3.24 Å². The highest BCUT2D eigenvalue weighted by atomic mass is 19.1. The zero-order chi connectivity index (χ0) is 13.9. The number of hydrogen-bond donors (Lipinski definition) is 0. The van der Waals surface area contributed by atoms with Gasteiger partial charge in [-0.15, -0.1) is 0 Å². The first-order chi connectivity index (χ1) is 9.70. The lowest BCUT2D eigenvalue weighted by Gasteiger charge is -2.37. The standard InChI is InChI=1S/C17H23F2N/c18-16-5-4-15(17(19)11-16)10-13-6-8-20(9-7-13)12-14-2-1-3-14/h4-5,11,13-14H,1-3,6-10,12H2. The van der Waals surface area contributed by atoms with E-state index >= 15 is 0 Å². The number of rotatable bonds is 4. The fourth-order valence-electron chi connectivity index (χ4n) is 3.41. The third-order valence-electron chi connectivity index (χ3n) is 4.97. The number of likely N-dealkylation sites (tertiary alicyclic amines) is 1. The Kier molecular flexibility index (Phi) is 4.35. The van der Waals surface area contributed by atoms with E-state index in [1.54, 1.807) is 6.07 Å². The van der Waals surface area contributed by atoms with Crippen LogP contribution in [-0.4, -0.2) is 24.5 Å². The van der Waals surface area contributed by atoms with Gasteiger partial charge in [0.25, 0.3) is 0 Å². The van der Waals surface area contributed by atoms with Crippen molar-refractivity contribution in [1.82, 2.24) is 4.90 Å². The summed E-state index contributed by atoms with van der Waals surface area (Å²) >= 11 is 0. The first-order valence-corrected chi connectivity index (χ1v) is 7.87. The number of nitrogens with zero attached hydrogens (tertiary/aromatic N) is 1.